The van der Waals surface area contributed by atoms with E-state index in [0.717, 1.165) is 11.3 Å². The molecule has 2 heteroatoms. The monoisotopic (exact) mass is 217 g/mol. The topological polar surface area (TPSA) is 9.23 Å². The molecule has 0 N–H and O–H groups in total. The quantitative estimate of drug-likeness (QED) is 0.745. The minimum absolute atomic E-state index is 0.172. The van der Waals surface area contributed by atoms with Crippen molar-refractivity contribution in [2.75, 3.05) is 6.61 Å². The fraction of sp³-hybridized carbons (Fsp3) is 0.214. The molecule has 0 heterocycles. The molecule has 0 amide bonds. The standard InChI is InChI=1S/C14H14FO/c1-2-16-14-10-6-4-8-12(14)11-7-3-5-9-13(11)15/h3-4,6-10H,2,5H2,1H3. The van der Waals surface area contributed by atoms with Crippen LogP contribution in [0.25, 0.3) is 5.57 Å². The van der Waals surface area contributed by atoms with Crippen molar-refractivity contribution >= 4 is 5.57 Å². The number of rotatable bonds is 3. The van der Waals surface area contributed by atoms with Crippen molar-refractivity contribution in [1.29, 1.82) is 0 Å². The number of halogens is 1. The van der Waals surface area contributed by atoms with Gasteiger partial charge >= 0.3 is 0 Å². The Morgan fingerprint density at radius 2 is 2.12 bits per heavy atom. The van der Waals surface area contributed by atoms with E-state index in [1.165, 1.54) is 0 Å². The van der Waals surface area contributed by atoms with E-state index in [0.29, 0.717) is 18.6 Å². The van der Waals surface area contributed by atoms with E-state index in [1.54, 1.807) is 6.42 Å². The molecule has 0 aromatic heterocycles. The molecule has 1 radical (unpaired) electrons. The second kappa shape index (κ2) is 4.97. The van der Waals surface area contributed by atoms with Gasteiger partial charge in [-0.25, -0.2) is 4.39 Å². The first-order chi connectivity index (χ1) is 7.83. The normalized spacial score (nSPS) is 15.4. The molecule has 2 rings (SSSR count). The van der Waals surface area contributed by atoms with Gasteiger partial charge in [0.25, 0.3) is 0 Å². The second-order valence-corrected chi connectivity index (χ2v) is 3.53. The van der Waals surface area contributed by atoms with Crippen LogP contribution in [-0.4, -0.2) is 6.61 Å². The summed E-state index contributed by atoms with van der Waals surface area (Å²) in [7, 11) is 0. The third-order valence-corrected chi connectivity index (χ3v) is 2.45. The zero-order valence-electron chi connectivity index (χ0n) is 9.24. The van der Waals surface area contributed by atoms with Gasteiger partial charge in [-0.05, 0) is 19.4 Å². The third-order valence-electron chi connectivity index (χ3n) is 2.45. The summed E-state index contributed by atoms with van der Waals surface area (Å²) in [4.78, 5) is 0. The molecule has 16 heavy (non-hydrogen) atoms. The Morgan fingerprint density at radius 1 is 1.31 bits per heavy atom. The molecule has 0 saturated carbocycles. The SMILES string of the molecule is CCOc1ccccc1C1=C(F)[CH]CC=C1. The molecule has 0 atom stereocenters. The number of hydrogen-bond acceptors (Lipinski definition) is 1. The van der Waals surface area contributed by atoms with Crippen LogP contribution in [0.4, 0.5) is 4.39 Å². The van der Waals surface area contributed by atoms with Gasteiger partial charge in [0.1, 0.15) is 11.6 Å². The number of allylic oxidation sites excluding steroid dienone is 4. The molecule has 0 unspecified atom stereocenters. The minimum atomic E-state index is -0.172. The van der Waals surface area contributed by atoms with Crippen LogP contribution < -0.4 is 4.74 Å². The summed E-state index contributed by atoms with van der Waals surface area (Å²) in [5, 5.41) is 0. The van der Waals surface area contributed by atoms with Crippen LogP contribution in [0.2, 0.25) is 0 Å². The Bertz CT molecular complexity index is 432. The predicted octanol–water partition coefficient (Wildman–Crippen LogP) is 3.93. The van der Waals surface area contributed by atoms with Gasteiger partial charge in [-0.2, -0.15) is 0 Å². The van der Waals surface area contributed by atoms with Gasteiger partial charge in [-0.1, -0.05) is 30.4 Å². The van der Waals surface area contributed by atoms with Crippen molar-refractivity contribution in [3.8, 4) is 5.75 Å². The Balaban J connectivity index is 2.43. The molecule has 1 aromatic rings. The van der Waals surface area contributed by atoms with Crippen molar-refractivity contribution in [2.24, 2.45) is 0 Å². The van der Waals surface area contributed by atoms with Crippen LogP contribution in [0.3, 0.4) is 0 Å². The van der Waals surface area contributed by atoms with Gasteiger partial charge in [-0.15, -0.1) is 0 Å². The maximum atomic E-state index is 13.7. The molecule has 0 spiro atoms. The first-order valence-electron chi connectivity index (χ1n) is 5.44. The predicted molar refractivity (Wildman–Crippen MR) is 63.7 cm³/mol. The highest BCUT2D eigenvalue weighted by Crippen LogP contribution is 2.33. The highest BCUT2D eigenvalue weighted by atomic mass is 19.1. The first kappa shape index (κ1) is 10.9. The number of ether oxygens (including phenoxy) is 1. The lowest BCUT2D eigenvalue weighted by Gasteiger charge is -2.13. The van der Waals surface area contributed by atoms with Crippen LogP contribution in [0.1, 0.15) is 18.9 Å². The van der Waals surface area contributed by atoms with Gasteiger partial charge in [0, 0.05) is 17.6 Å². The Morgan fingerprint density at radius 3 is 2.88 bits per heavy atom. The maximum Gasteiger partial charge on any atom is 0.127 e. The third kappa shape index (κ3) is 2.16. The molecule has 0 fully saturated rings. The van der Waals surface area contributed by atoms with E-state index in [4.69, 9.17) is 4.74 Å². The van der Waals surface area contributed by atoms with Crippen LogP contribution in [0.15, 0.2) is 42.2 Å². The molecular formula is C14H14FO. The summed E-state index contributed by atoms with van der Waals surface area (Å²) in [5.41, 5.74) is 1.42. The van der Waals surface area contributed by atoms with Crippen LogP contribution in [-0.2, 0) is 0 Å². The lowest BCUT2D eigenvalue weighted by Crippen LogP contribution is -1.98. The molecule has 83 valence electrons. The average Bonchev–Trinajstić information content (AvgIpc) is 2.31. The molecule has 1 aliphatic carbocycles. The Hall–Kier alpha value is -1.57. The van der Waals surface area contributed by atoms with E-state index >= 15 is 0 Å². The van der Waals surface area contributed by atoms with Gasteiger partial charge in [0.2, 0.25) is 0 Å². The van der Waals surface area contributed by atoms with Gasteiger partial charge in [0.05, 0.1) is 6.61 Å². The van der Waals surface area contributed by atoms with Crippen molar-refractivity contribution in [2.45, 2.75) is 13.3 Å². The largest absolute Gasteiger partial charge is 0.493 e. The van der Waals surface area contributed by atoms with Crippen molar-refractivity contribution in [3.05, 3.63) is 54.2 Å². The zero-order chi connectivity index (χ0) is 11.4. The van der Waals surface area contributed by atoms with E-state index < -0.39 is 0 Å². The van der Waals surface area contributed by atoms with Crippen LogP contribution >= 0.6 is 0 Å². The smallest absolute Gasteiger partial charge is 0.127 e. The zero-order valence-corrected chi connectivity index (χ0v) is 9.24. The number of benzene rings is 1. The minimum Gasteiger partial charge on any atom is -0.493 e. The summed E-state index contributed by atoms with van der Waals surface area (Å²) < 4.78 is 19.2. The summed E-state index contributed by atoms with van der Waals surface area (Å²) in [6, 6.07) is 7.52. The maximum absolute atomic E-state index is 13.7. The van der Waals surface area contributed by atoms with Gasteiger partial charge < -0.3 is 4.74 Å². The molecule has 0 aliphatic heterocycles. The summed E-state index contributed by atoms with van der Waals surface area (Å²) in [6.45, 7) is 2.50. The highest BCUT2D eigenvalue weighted by Gasteiger charge is 2.13. The lowest BCUT2D eigenvalue weighted by atomic mass is 9.98. The average molecular weight is 217 g/mol. The van der Waals surface area contributed by atoms with E-state index in [-0.39, 0.29) is 5.83 Å². The summed E-state index contributed by atoms with van der Waals surface area (Å²) in [6.07, 6.45) is 6.00. The van der Waals surface area contributed by atoms with Gasteiger partial charge in [0.15, 0.2) is 0 Å². The molecule has 0 bridgehead atoms. The van der Waals surface area contributed by atoms with Crippen LogP contribution in [0.5, 0.6) is 5.75 Å². The highest BCUT2D eigenvalue weighted by molar-refractivity contribution is 5.81. The van der Waals surface area contributed by atoms with Gasteiger partial charge in [-0.3, -0.25) is 0 Å². The summed E-state index contributed by atoms with van der Waals surface area (Å²) in [5.74, 6) is 0.560. The fourth-order valence-corrected chi connectivity index (χ4v) is 1.74. The number of para-hydroxylation sites is 1. The van der Waals surface area contributed by atoms with Crippen molar-refractivity contribution in [3.63, 3.8) is 0 Å². The van der Waals surface area contributed by atoms with E-state index in [1.807, 2.05) is 43.3 Å². The van der Waals surface area contributed by atoms with Crippen molar-refractivity contribution in [1.82, 2.24) is 0 Å². The molecule has 0 saturated heterocycles. The van der Waals surface area contributed by atoms with Crippen LogP contribution in [0, 0.1) is 6.42 Å². The lowest BCUT2D eigenvalue weighted by molar-refractivity contribution is 0.339. The second-order valence-electron chi connectivity index (χ2n) is 3.53. The van der Waals surface area contributed by atoms with E-state index in [9.17, 15) is 4.39 Å². The fourth-order valence-electron chi connectivity index (χ4n) is 1.74. The summed E-state index contributed by atoms with van der Waals surface area (Å²) >= 11 is 0. The van der Waals surface area contributed by atoms with Crippen molar-refractivity contribution < 1.29 is 9.13 Å². The molecule has 1 nitrogen and oxygen atoms in total. The number of hydrogen-bond donors (Lipinski definition) is 0. The molecule has 1 aliphatic rings. The Labute approximate surface area is 95.2 Å². The van der Waals surface area contributed by atoms with E-state index in [2.05, 4.69) is 0 Å². The molecule has 1 aromatic carbocycles. The molecular weight excluding hydrogens is 203 g/mol. The first-order valence-corrected chi connectivity index (χ1v) is 5.44. The Kier molecular flexibility index (Phi) is 3.40.